The summed E-state index contributed by atoms with van der Waals surface area (Å²) in [7, 11) is -5.85. The van der Waals surface area contributed by atoms with Crippen LogP contribution >= 0.6 is 0 Å². The molecule has 0 saturated heterocycles. The second kappa shape index (κ2) is 7.21. The van der Waals surface area contributed by atoms with Crippen LogP contribution in [0, 0.1) is 17.1 Å². The number of rotatable bonds is 4. The van der Waals surface area contributed by atoms with Gasteiger partial charge in [0.05, 0.1) is 23.3 Å². The Balaban J connectivity index is 1.82. The van der Waals surface area contributed by atoms with E-state index < -0.39 is 27.2 Å². The van der Waals surface area contributed by atoms with E-state index in [-0.39, 0.29) is 22.9 Å². The molecule has 158 valence electrons. The number of nitriles is 1. The number of nitrogens with one attached hydrogen (secondary N) is 1. The lowest BCUT2D eigenvalue weighted by molar-refractivity contribution is -0.0500. The first kappa shape index (κ1) is 20.5. The minimum absolute atomic E-state index is 0.0269. The Bertz CT molecular complexity index is 1470. The van der Waals surface area contributed by atoms with Gasteiger partial charge in [0, 0.05) is 22.9 Å². The molecule has 0 saturated carbocycles. The molecule has 0 unspecified atom stereocenters. The highest BCUT2D eigenvalue weighted by atomic mass is 32.2. The van der Waals surface area contributed by atoms with Gasteiger partial charge in [-0.25, -0.2) is 4.39 Å². The van der Waals surface area contributed by atoms with Gasteiger partial charge in [0.1, 0.15) is 17.1 Å². The van der Waals surface area contributed by atoms with Crippen LogP contribution in [0.5, 0.6) is 5.75 Å². The molecule has 4 rings (SSSR count). The Morgan fingerprint density at radius 3 is 2.58 bits per heavy atom. The van der Waals surface area contributed by atoms with Crippen LogP contribution in [0.25, 0.3) is 21.8 Å². The van der Waals surface area contributed by atoms with Gasteiger partial charge in [-0.15, -0.1) is 0 Å². The highest BCUT2D eigenvalue weighted by molar-refractivity contribution is 7.88. The fourth-order valence-corrected chi connectivity index (χ4v) is 3.50. The number of nitrogens with zero attached hydrogens (tertiary/aromatic N) is 3. The molecule has 0 bridgehead atoms. The van der Waals surface area contributed by atoms with Crippen molar-refractivity contribution in [3.63, 3.8) is 0 Å². The molecule has 0 aliphatic heterocycles. The topological polar surface area (TPSA) is 109 Å². The van der Waals surface area contributed by atoms with Crippen LogP contribution in [-0.2, 0) is 16.5 Å². The molecule has 0 fully saturated rings. The van der Waals surface area contributed by atoms with Crippen LogP contribution in [0.4, 0.5) is 17.6 Å². The van der Waals surface area contributed by atoms with E-state index in [9.17, 15) is 26.0 Å². The van der Waals surface area contributed by atoms with Crippen molar-refractivity contribution in [2.75, 3.05) is 0 Å². The van der Waals surface area contributed by atoms with Crippen molar-refractivity contribution in [1.82, 2.24) is 15.2 Å². The standard InChI is InChI=1S/C19H10F4N4O3S/c20-14-5-10(8-24)1-2-11(14)6-16-18-13-7-12(30-31(28,29)19(21,22)23)3-4-15(13)25-9-17(18)27-26-16/h1-5,7,9H,6H2,(H,26,27). The first-order valence-corrected chi connectivity index (χ1v) is 9.95. The molecule has 7 nitrogen and oxygen atoms in total. The van der Waals surface area contributed by atoms with Gasteiger partial charge in [0.2, 0.25) is 0 Å². The minimum Gasteiger partial charge on any atom is -0.376 e. The lowest BCUT2D eigenvalue weighted by Gasteiger charge is -2.10. The highest BCUT2D eigenvalue weighted by Crippen LogP contribution is 2.32. The summed E-state index contributed by atoms with van der Waals surface area (Å²) in [5, 5.41) is 16.4. The number of alkyl halides is 3. The second-order valence-corrected chi connectivity index (χ2v) is 8.02. The lowest BCUT2D eigenvalue weighted by Crippen LogP contribution is -2.28. The number of halogens is 4. The third-order valence-corrected chi connectivity index (χ3v) is 5.45. The maximum atomic E-state index is 14.3. The number of aromatic nitrogens is 3. The molecule has 0 aliphatic rings. The smallest absolute Gasteiger partial charge is 0.376 e. The third-order valence-electron chi connectivity index (χ3n) is 4.47. The second-order valence-electron chi connectivity index (χ2n) is 6.48. The molecule has 4 aromatic rings. The molecule has 2 heterocycles. The van der Waals surface area contributed by atoms with Gasteiger partial charge in [-0.2, -0.15) is 31.9 Å². The number of pyridine rings is 1. The van der Waals surface area contributed by atoms with Crippen molar-refractivity contribution < 1.29 is 30.2 Å². The summed E-state index contributed by atoms with van der Waals surface area (Å²) in [4.78, 5) is 4.14. The van der Waals surface area contributed by atoms with E-state index in [0.717, 1.165) is 18.2 Å². The summed E-state index contributed by atoms with van der Waals surface area (Å²) in [6.07, 6.45) is 1.44. The van der Waals surface area contributed by atoms with Crippen LogP contribution in [0.1, 0.15) is 16.8 Å². The summed E-state index contributed by atoms with van der Waals surface area (Å²) < 4.78 is 79.1. The number of aromatic amines is 1. The molecule has 31 heavy (non-hydrogen) atoms. The molecule has 0 radical (unpaired) electrons. The molecule has 12 heteroatoms. The molecule has 2 aromatic heterocycles. The van der Waals surface area contributed by atoms with Crippen molar-refractivity contribution >= 4 is 31.9 Å². The summed E-state index contributed by atoms with van der Waals surface area (Å²) in [5.41, 5.74) is -4.08. The molecule has 1 N–H and O–H groups in total. The molecule has 0 spiro atoms. The molecule has 0 atom stereocenters. The number of fused-ring (bicyclic) bond motifs is 3. The van der Waals surface area contributed by atoms with Gasteiger partial charge >= 0.3 is 15.6 Å². The Morgan fingerprint density at radius 1 is 1.13 bits per heavy atom. The van der Waals surface area contributed by atoms with E-state index in [0.29, 0.717) is 22.1 Å². The van der Waals surface area contributed by atoms with Gasteiger partial charge in [-0.1, -0.05) is 6.07 Å². The van der Waals surface area contributed by atoms with E-state index in [4.69, 9.17) is 5.26 Å². The molecule has 0 aliphatic carbocycles. The number of hydrogen-bond donors (Lipinski definition) is 1. The van der Waals surface area contributed by atoms with E-state index in [1.807, 2.05) is 6.07 Å². The maximum absolute atomic E-state index is 14.3. The monoisotopic (exact) mass is 450 g/mol. The van der Waals surface area contributed by atoms with Gasteiger partial charge in [0.25, 0.3) is 0 Å². The Morgan fingerprint density at radius 2 is 1.90 bits per heavy atom. The normalized spacial score (nSPS) is 12.2. The fourth-order valence-electron chi connectivity index (χ4n) is 3.05. The van der Waals surface area contributed by atoms with Crippen molar-refractivity contribution in [2.45, 2.75) is 11.9 Å². The molecular weight excluding hydrogens is 440 g/mol. The average Bonchev–Trinajstić information content (AvgIpc) is 3.11. The average molecular weight is 450 g/mol. The first-order chi connectivity index (χ1) is 14.6. The summed E-state index contributed by atoms with van der Waals surface area (Å²) in [6, 6.07) is 9.25. The Hall–Kier alpha value is -3.72. The van der Waals surface area contributed by atoms with Crippen LogP contribution in [-0.4, -0.2) is 29.1 Å². The van der Waals surface area contributed by atoms with Crippen molar-refractivity contribution in [3.05, 3.63) is 65.2 Å². The third kappa shape index (κ3) is 3.75. The zero-order chi connectivity index (χ0) is 22.4. The van der Waals surface area contributed by atoms with Crippen LogP contribution in [0.2, 0.25) is 0 Å². The van der Waals surface area contributed by atoms with Gasteiger partial charge in [-0.3, -0.25) is 10.1 Å². The zero-order valence-corrected chi connectivity index (χ0v) is 16.1. The quantitative estimate of drug-likeness (QED) is 0.287. The number of hydrogen-bond acceptors (Lipinski definition) is 6. The van der Waals surface area contributed by atoms with Crippen LogP contribution in [0.3, 0.4) is 0 Å². The predicted molar refractivity (Wildman–Crippen MR) is 101 cm³/mol. The Kier molecular flexibility index (Phi) is 4.78. The van der Waals surface area contributed by atoms with Gasteiger partial charge in [0.15, 0.2) is 0 Å². The maximum Gasteiger partial charge on any atom is 0.534 e. The number of benzene rings is 2. The molecular formula is C19H10F4N4O3S. The minimum atomic E-state index is -5.85. The van der Waals surface area contributed by atoms with E-state index in [1.54, 1.807) is 0 Å². The lowest BCUT2D eigenvalue weighted by atomic mass is 10.0. The summed E-state index contributed by atoms with van der Waals surface area (Å²) in [6.45, 7) is 0. The number of H-pyrrole nitrogens is 1. The van der Waals surface area contributed by atoms with Crippen LogP contribution in [0.15, 0.2) is 42.6 Å². The predicted octanol–water partition coefficient (Wildman–Crippen LogP) is 3.94. The van der Waals surface area contributed by atoms with Gasteiger partial charge in [-0.05, 0) is 35.9 Å². The van der Waals surface area contributed by atoms with Crippen LogP contribution < -0.4 is 4.18 Å². The summed E-state index contributed by atoms with van der Waals surface area (Å²) >= 11 is 0. The first-order valence-electron chi connectivity index (χ1n) is 8.54. The molecule has 0 amide bonds. The van der Waals surface area contributed by atoms with Crippen molar-refractivity contribution in [3.8, 4) is 11.8 Å². The SMILES string of the molecule is N#Cc1ccc(Cc2[nH]nc3cnc4ccc(OS(=O)(=O)C(F)(F)F)cc4c23)c(F)c1. The van der Waals surface area contributed by atoms with Gasteiger partial charge < -0.3 is 4.18 Å². The zero-order valence-electron chi connectivity index (χ0n) is 15.2. The fraction of sp³-hybridized carbons (Fsp3) is 0.105. The Labute approximate surface area is 172 Å². The van der Waals surface area contributed by atoms with Crippen molar-refractivity contribution in [1.29, 1.82) is 5.26 Å². The largest absolute Gasteiger partial charge is 0.534 e. The van der Waals surface area contributed by atoms with E-state index in [1.165, 1.54) is 24.4 Å². The highest BCUT2D eigenvalue weighted by Gasteiger charge is 2.48. The van der Waals surface area contributed by atoms with E-state index in [2.05, 4.69) is 19.4 Å². The summed E-state index contributed by atoms with van der Waals surface area (Å²) in [5.74, 6) is -1.17. The van der Waals surface area contributed by atoms with E-state index >= 15 is 0 Å². The van der Waals surface area contributed by atoms with Crippen molar-refractivity contribution in [2.24, 2.45) is 0 Å². The molecule has 2 aromatic carbocycles.